The molecule has 3 aromatic rings. The Bertz CT molecular complexity index is 1010. The van der Waals surface area contributed by atoms with Gasteiger partial charge in [0.15, 0.2) is 0 Å². The van der Waals surface area contributed by atoms with Crippen LogP contribution in [0.2, 0.25) is 0 Å². The molecule has 2 amide bonds. The van der Waals surface area contributed by atoms with Gasteiger partial charge in [-0.15, -0.1) is 11.3 Å². The molecule has 1 fully saturated rings. The van der Waals surface area contributed by atoms with Crippen LogP contribution in [0.5, 0.6) is 0 Å². The molecule has 1 aromatic heterocycles. The molecule has 160 valence electrons. The fraction of sp³-hybridized carbons (Fsp3) is 0.280. The Labute approximate surface area is 187 Å². The van der Waals surface area contributed by atoms with Gasteiger partial charge in [-0.3, -0.25) is 14.9 Å². The Hall–Kier alpha value is -2.96. The fourth-order valence-corrected chi connectivity index (χ4v) is 4.66. The van der Waals surface area contributed by atoms with Gasteiger partial charge in [0.2, 0.25) is 11.8 Å². The van der Waals surface area contributed by atoms with Crippen LogP contribution in [0, 0.1) is 0 Å². The highest BCUT2D eigenvalue weighted by atomic mass is 32.1. The minimum Gasteiger partial charge on any atom is -0.325 e. The summed E-state index contributed by atoms with van der Waals surface area (Å²) in [6.45, 7) is 3.10. The molecule has 0 aliphatic carbocycles. The lowest BCUT2D eigenvalue weighted by atomic mass is 10.0. The number of hydrogen-bond donors (Lipinski definition) is 2. The van der Waals surface area contributed by atoms with Crippen LogP contribution in [0.3, 0.4) is 0 Å². The van der Waals surface area contributed by atoms with Gasteiger partial charge in [-0.2, -0.15) is 0 Å². The third-order valence-electron chi connectivity index (χ3n) is 5.55. The molecule has 1 atom stereocenters. The van der Waals surface area contributed by atoms with Crippen LogP contribution >= 0.6 is 11.3 Å². The largest absolute Gasteiger partial charge is 0.325 e. The summed E-state index contributed by atoms with van der Waals surface area (Å²) >= 11 is 1.68. The molecule has 4 rings (SSSR count). The van der Waals surface area contributed by atoms with Crippen molar-refractivity contribution < 1.29 is 9.59 Å². The number of carbonyl (C=O) groups excluding carboxylic acids is 2. The standard InChI is InChI=1S/C25H27N3O2S/c1-2-18-7-9-19(10-8-18)25(22-5-4-16-31-22)26-17-23(29)27-20-11-13-21(14-12-20)28-15-3-6-24(28)30/h4-5,7-14,16,25-26H,2-3,6,15,17H2,1H3,(H,27,29). The molecule has 0 spiro atoms. The summed E-state index contributed by atoms with van der Waals surface area (Å²) in [7, 11) is 0. The lowest BCUT2D eigenvalue weighted by molar-refractivity contribution is -0.117. The first-order valence-electron chi connectivity index (χ1n) is 10.7. The summed E-state index contributed by atoms with van der Waals surface area (Å²) in [6, 6.07) is 20.1. The molecule has 0 radical (unpaired) electrons. The zero-order valence-corrected chi connectivity index (χ0v) is 18.5. The Morgan fingerprint density at radius 1 is 1.10 bits per heavy atom. The molecule has 6 heteroatoms. The molecule has 5 nitrogen and oxygen atoms in total. The van der Waals surface area contributed by atoms with E-state index >= 15 is 0 Å². The smallest absolute Gasteiger partial charge is 0.238 e. The second kappa shape index (κ2) is 9.90. The van der Waals surface area contributed by atoms with Gasteiger partial charge >= 0.3 is 0 Å². The van der Waals surface area contributed by atoms with E-state index in [1.54, 1.807) is 16.2 Å². The van der Waals surface area contributed by atoms with Gasteiger partial charge in [-0.1, -0.05) is 37.3 Å². The number of nitrogens with one attached hydrogen (secondary N) is 2. The number of thiophene rings is 1. The van der Waals surface area contributed by atoms with Crippen molar-refractivity contribution in [1.29, 1.82) is 0 Å². The number of rotatable bonds is 8. The third-order valence-corrected chi connectivity index (χ3v) is 6.49. The van der Waals surface area contributed by atoms with E-state index in [2.05, 4.69) is 53.3 Å². The van der Waals surface area contributed by atoms with Gasteiger partial charge in [0.05, 0.1) is 12.6 Å². The highest BCUT2D eigenvalue weighted by Gasteiger charge is 2.21. The molecular weight excluding hydrogens is 406 g/mol. The van der Waals surface area contributed by atoms with Crippen molar-refractivity contribution in [2.45, 2.75) is 32.2 Å². The Morgan fingerprint density at radius 3 is 2.48 bits per heavy atom. The molecule has 0 saturated carbocycles. The molecule has 31 heavy (non-hydrogen) atoms. The lowest BCUT2D eigenvalue weighted by Crippen LogP contribution is -2.31. The SMILES string of the molecule is CCc1ccc(C(NCC(=O)Nc2ccc(N3CCCC3=O)cc2)c2cccs2)cc1. The maximum absolute atomic E-state index is 12.6. The van der Waals surface area contributed by atoms with Crippen LogP contribution in [0.4, 0.5) is 11.4 Å². The van der Waals surface area contributed by atoms with Gasteiger partial charge in [-0.25, -0.2) is 0 Å². The summed E-state index contributed by atoms with van der Waals surface area (Å²) in [5.74, 6) is 0.0595. The van der Waals surface area contributed by atoms with Crippen LogP contribution in [0.15, 0.2) is 66.0 Å². The topological polar surface area (TPSA) is 61.4 Å². The lowest BCUT2D eigenvalue weighted by Gasteiger charge is -2.19. The van der Waals surface area contributed by atoms with Gasteiger partial charge < -0.3 is 10.2 Å². The molecule has 1 saturated heterocycles. The highest BCUT2D eigenvalue weighted by molar-refractivity contribution is 7.10. The Morgan fingerprint density at radius 2 is 1.87 bits per heavy atom. The van der Waals surface area contributed by atoms with E-state index < -0.39 is 0 Å². The average Bonchev–Trinajstić information content (AvgIpc) is 3.47. The number of hydrogen-bond acceptors (Lipinski definition) is 4. The summed E-state index contributed by atoms with van der Waals surface area (Å²) in [5.41, 5.74) is 4.05. The Kier molecular flexibility index (Phi) is 6.79. The van der Waals surface area contributed by atoms with Gasteiger partial charge in [0.25, 0.3) is 0 Å². The first-order chi connectivity index (χ1) is 15.1. The van der Waals surface area contributed by atoms with Crippen molar-refractivity contribution in [3.8, 4) is 0 Å². The van der Waals surface area contributed by atoms with E-state index in [-0.39, 0.29) is 24.4 Å². The molecule has 1 unspecified atom stereocenters. The van der Waals surface area contributed by atoms with Crippen molar-refractivity contribution >= 4 is 34.5 Å². The van der Waals surface area contributed by atoms with E-state index in [1.807, 2.05) is 30.3 Å². The quantitative estimate of drug-likeness (QED) is 0.539. The van der Waals surface area contributed by atoms with E-state index in [0.29, 0.717) is 6.42 Å². The predicted molar refractivity (Wildman–Crippen MR) is 127 cm³/mol. The second-order valence-corrected chi connectivity index (χ2v) is 8.65. The van der Waals surface area contributed by atoms with Crippen LogP contribution in [-0.2, 0) is 16.0 Å². The van der Waals surface area contributed by atoms with Crippen LogP contribution in [0.1, 0.15) is 41.8 Å². The van der Waals surface area contributed by atoms with Crippen molar-refractivity contribution in [3.05, 3.63) is 82.0 Å². The second-order valence-electron chi connectivity index (χ2n) is 7.67. The van der Waals surface area contributed by atoms with Gasteiger partial charge in [-0.05, 0) is 59.7 Å². The summed E-state index contributed by atoms with van der Waals surface area (Å²) in [5, 5.41) is 8.40. The minimum absolute atomic E-state index is 0.0276. The maximum atomic E-state index is 12.6. The average molecular weight is 434 g/mol. The summed E-state index contributed by atoms with van der Waals surface area (Å²) < 4.78 is 0. The van der Waals surface area contributed by atoms with Crippen LogP contribution in [0.25, 0.3) is 0 Å². The molecule has 2 heterocycles. The third kappa shape index (κ3) is 5.21. The molecule has 2 aromatic carbocycles. The number of anilines is 2. The monoisotopic (exact) mass is 433 g/mol. The minimum atomic E-state index is -0.100. The summed E-state index contributed by atoms with van der Waals surface area (Å²) in [4.78, 5) is 27.4. The first kappa shape index (κ1) is 21.3. The van der Waals surface area contributed by atoms with Gasteiger partial charge in [0.1, 0.15) is 0 Å². The van der Waals surface area contributed by atoms with Crippen molar-refractivity contribution in [3.63, 3.8) is 0 Å². The fourth-order valence-electron chi connectivity index (χ4n) is 3.83. The van der Waals surface area contributed by atoms with Crippen molar-refractivity contribution in [2.75, 3.05) is 23.3 Å². The van der Waals surface area contributed by atoms with Gasteiger partial charge in [0, 0.05) is 29.2 Å². The predicted octanol–water partition coefficient (Wildman–Crippen LogP) is 4.76. The number of aryl methyl sites for hydroxylation is 1. The Balaban J connectivity index is 1.38. The number of nitrogens with zero attached hydrogens (tertiary/aromatic N) is 1. The van der Waals surface area contributed by atoms with Crippen LogP contribution in [-0.4, -0.2) is 24.9 Å². The molecule has 2 N–H and O–H groups in total. The maximum Gasteiger partial charge on any atom is 0.238 e. The number of benzene rings is 2. The highest BCUT2D eigenvalue weighted by Crippen LogP contribution is 2.27. The summed E-state index contributed by atoms with van der Waals surface area (Å²) in [6.07, 6.45) is 2.51. The first-order valence-corrected chi connectivity index (χ1v) is 11.6. The van der Waals surface area contributed by atoms with Crippen molar-refractivity contribution in [1.82, 2.24) is 5.32 Å². The molecular formula is C25H27N3O2S. The molecule has 0 bridgehead atoms. The van der Waals surface area contributed by atoms with Crippen LogP contribution < -0.4 is 15.5 Å². The number of amides is 2. The normalized spacial score (nSPS) is 14.6. The zero-order valence-electron chi connectivity index (χ0n) is 17.6. The molecule has 1 aliphatic rings. The van der Waals surface area contributed by atoms with E-state index in [1.165, 1.54) is 10.4 Å². The van der Waals surface area contributed by atoms with E-state index in [9.17, 15) is 9.59 Å². The zero-order chi connectivity index (χ0) is 21.6. The van der Waals surface area contributed by atoms with E-state index in [4.69, 9.17) is 0 Å². The molecule has 1 aliphatic heterocycles. The van der Waals surface area contributed by atoms with E-state index in [0.717, 1.165) is 36.3 Å². The van der Waals surface area contributed by atoms with Crippen molar-refractivity contribution in [2.24, 2.45) is 0 Å². The number of carbonyl (C=O) groups is 2.